The van der Waals surface area contributed by atoms with Crippen LogP contribution in [0, 0.1) is 5.92 Å². The van der Waals surface area contributed by atoms with Crippen LogP contribution in [-0.4, -0.2) is 12.4 Å². The third-order valence-electron chi connectivity index (χ3n) is 3.30. The van der Waals surface area contributed by atoms with E-state index in [2.05, 4.69) is 32.0 Å². The van der Waals surface area contributed by atoms with Crippen molar-refractivity contribution >= 4 is 5.78 Å². The number of Topliss-reactive ketones (excluding diaryl/α,β-unsaturated/α-hetero) is 1. The van der Waals surface area contributed by atoms with Crippen LogP contribution in [0.25, 0.3) is 0 Å². The van der Waals surface area contributed by atoms with Gasteiger partial charge in [-0.2, -0.15) is 0 Å². The third kappa shape index (κ3) is 7.32. The normalized spacial score (nSPS) is 10.8. The fraction of sp³-hybridized carbons (Fsp3) is 0.611. The molecule has 2 nitrogen and oxygen atoms in total. The summed E-state index contributed by atoms with van der Waals surface area (Å²) in [6, 6.07) is 8.37. The maximum Gasteiger partial charge on any atom is 0.132 e. The van der Waals surface area contributed by atoms with Gasteiger partial charge in [0.2, 0.25) is 0 Å². The Kier molecular flexibility index (Phi) is 8.01. The maximum atomic E-state index is 11.2. The molecule has 0 aromatic heterocycles. The van der Waals surface area contributed by atoms with Crippen molar-refractivity contribution in [2.75, 3.05) is 6.61 Å². The molecule has 0 aliphatic heterocycles. The van der Waals surface area contributed by atoms with Crippen LogP contribution in [-0.2, 0) is 11.2 Å². The molecule has 0 fully saturated rings. The topological polar surface area (TPSA) is 26.3 Å². The van der Waals surface area contributed by atoms with Gasteiger partial charge in [0.1, 0.15) is 11.5 Å². The van der Waals surface area contributed by atoms with Crippen LogP contribution >= 0.6 is 0 Å². The van der Waals surface area contributed by atoms with Gasteiger partial charge in [-0.1, -0.05) is 39.3 Å². The molecule has 0 saturated carbocycles. The van der Waals surface area contributed by atoms with Gasteiger partial charge in [-0.05, 0) is 42.9 Å². The minimum atomic E-state index is 0.383. The van der Waals surface area contributed by atoms with Gasteiger partial charge in [0.15, 0.2) is 0 Å². The van der Waals surface area contributed by atoms with Gasteiger partial charge in [-0.3, -0.25) is 4.79 Å². The molecule has 0 amide bonds. The number of hydrogen-bond donors (Lipinski definition) is 0. The van der Waals surface area contributed by atoms with Gasteiger partial charge in [-0.15, -0.1) is 0 Å². The zero-order chi connectivity index (χ0) is 14.8. The Hall–Kier alpha value is -1.31. The van der Waals surface area contributed by atoms with Gasteiger partial charge in [-0.25, -0.2) is 0 Å². The Balaban J connectivity index is 2.26. The first kappa shape index (κ1) is 16.7. The van der Waals surface area contributed by atoms with E-state index < -0.39 is 0 Å². The Morgan fingerprint density at radius 2 is 2.00 bits per heavy atom. The highest BCUT2D eigenvalue weighted by molar-refractivity contribution is 5.77. The lowest BCUT2D eigenvalue weighted by Crippen LogP contribution is -2.04. The first-order chi connectivity index (χ1) is 9.61. The smallest absolute Gasteiger partial charge is 0.132 e. The van der Waals surface area contributed by atoms with Gasteiger partial charge in [0.05, 0.1) is 6.61 Å². The van der Waals surface area contributed by atoms with E-state index >= 15 is 0 Å². The Labute approximate surface area is 123 Å². The minimum absolute atomic E-state index is 0.383. The first-order valence-electron chi connectivity index (χ1n) is 7.85. The predicted octanol–water partition coefficient (Wildman–Crippen LogP) is 4.80. The van der Waals surface area contributed by atoms with Gasteiger partial charge in [0.25, 0.3) is 0 Å². The number of carbonyl (C=O) groups is 1. The molecule has 0 spiro atoms. The van der Waals surface area contributed by atoms with Crippen LogP contribution in [0.15, 0.2) is 24.3 Å². The average molecular weight is 276 g/mol. The molecule has 0 aliphatic rings. The van der Waals surface area contributed by atoms with Crippen LogP contribution in [0.3, 0.4) is 0 Å². The van der Waals surface area contributed by atoms with E-state index in [0.29, 0.717) is 18.1 Å². The molecular weight excluding hydrogens is 248 g/mol. The van der Waals surface area contributed by atoms with Crippen molar-refractivity contribution < 1.29 is 9.53 Å². The fourth-order valence-corrected chi connectivity index (χ4v) is 2.06. The van der Waals surface area contributed by atoms with Crippen molar-refractivity contribution in [3.63, 3.8) is 0 Å². The SMILES string of the molecule is CCC(=O)CCCCCc1cccc(OCC(C)C)c1. The predicted molar refractivity (Wildman–Crippen MR) is 84.2 cm³/mol. The molecule has 1 aromatic rings. The number of aryl methyl sites for hydroxylation is 1. The van der Waals surface area contributed by atoms with E-state index in [4.69, 9.17) is 4.74 Å². The van der Waals surface area contributed by atoms with E-state index in [1.54, 1.807) is 0 Å². The molecule has 0 N–H and O–H groups in total. The number of ketones is 1. The van der Waals surface area contributed by atoms with Crippen LogP contribution in [0.5, 0.6) is 5.75 Å². The van der Waals surface area contributed by atoms with Crippen LogP contribution < -0.4 is 4.74 Å². The molecular formula is C18H28O2. The molecule has 1 aromatic carbocycles. The molecule has 0 bridgehead atoms. The molecule has 0 unspecified atom stereocenters. The molecule has 0 heterocycles. The van der Waals surface area contributed by atoms with E-state index in [9.17, 15) is 4.79 Å². The second kappa shape index (κ2) is 9.57. The van der Waals surface area contributed by atoms with Gasteiger partial charge < -0.3 is 4.74 Å². The minimum Gasteiger partial charge on any atom is -0.493 e. The zero-order valence-corrected chi connectivity index (χ0v) is 13.2. The molecule has 0 aliphatic carbocycles. The monoisotopic (exact) mass is 276 g/mol. The summed E-state index contributed by atoms with van der Waals surface area (Å²) in [6.45, 7) is 7.01. The number of hydrogen-bond acceptors (Lipinski definition) is 2. The quantitative estimate of drug-likeness (QED) is 0.574. The molecule has 0 radical (unpaired) electrons. The molecule has 112 valence electrons. The van der Waals surface area contributed by atoms with E-state index in [1.165, 1.54) is 5.56 Å². The number of ether oxygens (including phenoxy) is 1. The van der Waals surface area contributed by atoms with Gasteiger partial charge in [0, 0.05) is 12.8 Å². The summed E-state index contributed by atoms with van der Waals surface area (Å²) < 4.78 is 5.74. The van der Waals surface area contributed by atoms with E-state index in [-0.39, 0.29) is 0 Å². The maximum absolute atomic E-state index is 11.2. The fourth-order valence-electron chi connectivity index (χ4n) is 2.06. The summed E-state index contributed by atoms with van der Waals surface area (Å²) in [5, 5.41) is 0. The standard InChI is InChI=1S/C18H28O2/c1-4-17(19)11-7-5-6-9-16-10-8-12-18(13-16)20-14-15(2)3/h8,10,12-13,15H,4-7,9,11,14H2,1-3H3. The zero-order valence-electron chi connectivity index (χ0n) is 13.2. The number of rotatable bonds is 10. The molecule has 0 atom stereocenters. The van der Waals surface area contributed by atoms with Crippen LogP contribution in [0.4, 0.5) is 0 Å². The molecule has 1 rings (SSSR count). The second-order valence-electron chi connectivity index (χ2n) is 5.81. The molecule has 0 saturated heterocycles. The van der Waals surface area contributed by atoms with Crippen molar-refractivity contribution in [3.05, 3.63) is 29.8 Å². The summed E-state index contributed by atoms with van der Waals surface area (Å²) in [7, 11) is 0. The lowest BCUT2D eigenvalue weighted by molar-refractivity contribution is -0.118. The Morgan fingerprint density at radius 1 is 1.20 bits per heavy atom. The first-order valence-corrected chi connectivity index (χ1v) is 7.85. The number of carbonyl (C=O) groups excluding carboxylic acids is 1. The van der Waals surface area contributed by atoms with E-state index in [0.717, 1.165) is 44.5 Å². The van der Waals surface area contributed by atoms with Gasteiger partial charge >= 0.3 is 0 Å². The highest BCUT2D eigenvalue weighted by Gasteiger charge is 2.01. The lowest BCUT2D eigenvalue weighted by Gasteiger charge is -2.10. The summed E-state index contributed by atoms with van der Waals surface area (Å²) in [6.07, 6.45) is 5.78. The lowest BCUT2D eigenvalue weighted by atomic mass is 10.0. The van der Waals surface area contributed by atoms with Crippen molar-refractivity contribution in [1.82, 2.24) is 0 Å². The summed E-state index contributed by atoms with van der Waals surface area (Å²) in [5.41, 5.74) is 1.33. The summed E-state index contributed by atoms with van der Waals surface area (Å²) >= 11 is 0. The second-order valence-corrected chi connectivity index (χ2v) is 5.81. The van der Waals surface area contributed by atoms with E-state index in [1.807, 2.05) is 13.0 Å². The molecule has 20 heavy (non-hydrogen) atoms. The van der Waals surface area contributed by atoms with Crippen molar-refractivity contribution in [2.24, 2.45) is 5.92 Å². The van der Waals surface area contributed by atoms with Crippen LogP contribution in [0.2, 0.25) is 0 Å². The third-order valence-corrected chi connectivity index (χ3v) is 3.30. The summed E-state index contributed by atoms with van der Waals surface area (Å²) in [4.78, 5) is 11.2. The van der Waals surface area contributed by atoms with Crippen molar-refractivity contribution in [3.8, 4) is 5.75 Å². The Morgan fingerprint density at radius 3 is 2.70 bits per heavy atom. The average Bonchev–Trinajstić information content (AvgIpc) is 2.45. The molecule has 2 heteroatoms. The summed E-state index contributed by atoms with van der Waals surface area (Å²) in [5.74, 6) is 1.90. The van der Waals surface area contributed by atoms with Crippen molar-refractivity contribution in [2.45, 2.75) is 59.3 Å². The van der Waals surface area contributed by atoms with Crippen molar-refractivity contribution in [1.29, 1.82) is 0 Å². The highest BCUT2D eigenvalue weighted by atomic mass is 16.5. The highest BCUT2D eigenvalue weighted by Crippen LogP contribution is 2.16. The van der Waals surface area contributed by atoms with Crippen LogP contribution in [0.1, 0.15) is 58.4 Å². The number of unbranched alkanes of at least 4 members (excludes halogenated alkanes) is 2. The Bertz CT molecular complexity index is 396. The number of benzene rings is 1. The largest absolute Gasteiger partial charge is 0.493 e.